The molecule has 0 saturated heterocycles. The summed E-state index contributed by atoms with van der Waals surface area (Å²) in [6, 6.07) is 15.9. The van der Waals surface area contributed by atoms with Gasteiger partial charge in [0, 0.05) is 17.8 Å². The predicted octanol–water partition coefficient (Wildman–Crippen LogP) is 3.78. The molecule has 0 saturated carbocycles. The van der Waals surface area contributed by atoms with E-state index in [4.69, 9.17) is 0 Å². The largest absolute Gasteiger partial charge is 0.344 e. The minimum absolute atomic E-state index is 0.00123. The Kier molecular flexibility index (Phi) is 5.22. The lowest BCUT2D eigenvalue weighted by molar-refractivity contribution is -0.121. The molecule has 3 amide bonds. The van der Waals surface area contributed by atoms with Crippen LogP contribution in [0.2, 0.25) is 0 Å². The summed E-state index contributed by atoms with van der Waals surface area (Å²) in [4.78, 5) is 39.5. The first-order valence-corrected chi connectivity index (χ1v) is 9.96. The molecule has 0 fully saturated rings. The first-order valence-electron chi connectivity index (χ1n) is 9.08. The highest BCUT2D eigenvalue weighted by Gasteiger charge is 2.35. The van der Waals surface area contributed by atoms with Gasteiger partial charge < -0.3 is 5.32 Å². The van der Waals surface area contributed by atoms with Gasteiger partial charge >= 0.3 is 0 Å². The third-order valence-corrected chi connectivity index (χ3v) is 5.71. The van der Waals surface area contributed by atoms with Crippen LogP contribution in [0.4, 0.5) is 4.39 Å². The third-order valence-electron chi connectivity index (χ3n) is 4.78. The van der Waals surface area contributed by atoms with Crippen molar-refractivity contribution in [2.24, 2.45) is 0 Å². The SMILES string of the molecule is O=C(CCN1C(=O)c2ccccc2C1=O)NC(c1ccc(F)cc1)c1cccs1. The molecule has 3 aromatic rings. The number of halogens is 1. The number of benzene rings is 2. The van der Waals surface area contributed by atoms with Crippen molar-refractivity contribution in [3.8, 4) is 0 Å². The van der Waals surface area contributed by atoms with Gasteiger partial charge in [0.05, 0.1) is 17.2 Å². The number of fused-ring (bicyclic) bond motifs is 1. The summed E-state index contributed by atoms with van der Waals surface area (Å²) >= 11 is 1.48. The zero-order valence-corrected chi connectivity index (χ0v) is 16.1. The summed E-state index contributed by atoms with van der Waals surface area (Å²) in [7, 11) is 0. The Bertz CT molecular complexity index is 1030. The van der Waals surface area contributed by atoms with Crippen molar-refractivity contribution in [2.45, 2.75) is 12.5 Å². The molecular formula is C22H17FN2O3S. The van der Waals surface area contributed by atoms with Crippen LogP contribution in [-0.2, 0) is 4.79 Å². The number of imide groups is 1. The standard InChI is InChI=1S/C22H17FN2O3S/c23-15-9-7-14(8-10-15)20(18-6-3-13-29-18)24-19(26)11-12-25-21(27)16-4-1-2-5-17(16)22(25)28/h1-10,13,20H,11-12H2,(H,24,26). The Balaban J connectivity index is 1.45. The van der Waals surface area contributed by atoms with Gasteiger partial charge in [-0.3, -0.25) is 19.3 Å². The quantitative estimate of drug-likeness (QED) is 0.632. The van der Waals surface area contributed by atoms with Crippen molar-refractivity contribution in [3.63, 3.8) is 0 Å². The van der Waals surface area contributed by atoms with Crippen molar-refractivity contribution >= 4 is 29.1 Å². The lowest BCUT2D eigenvalue weighted by atomic mass is 10.0. The fourth-order valence-corrected chi connectivity index (χ4v) is 4.12. The molecule has 146 valence electrons. The van der Waals surface area contributed by atoms with E-state index in [1.54, 1.807) is 36.4 Å². The molecule has 1 unspecified atom stereocenters. The maximum atomic E-state index is 13.3. The minimum Gasteiger partial charge on any atom is -0.344 e. The highest BCUT2D eigenvalue weighted by molar-refractivity contribution is 7.10. The van der Waals surface area contributed by atoms with Crippen molar-refractivity contribution in [1.29, 1.82) is 0 Å². The van der Waals surface area contributed by atoms with Gasteiger partial charge in [-0.15, -0.1) is 11.3 Å². The number of hydrogen-bond donors (Lipinski definition) is 1. The van der Waals surface area contributed by atoms with Crippen LogP contribution in [0.15, 0.2) is 66.0 Å². The van der Waals surface area contributed by atoms with Crippen LogP contribution in [0.25, 0.3) is 0 Å². The Morgan fingerprint density at radius 3 is 2.21 bits per heavy atom. The molecule has 0 spiro atoms. The number of amides is 3. The van der Waals surface area contributed by atoms with E-state index < -0.39 is 6.04 Å². The molecule has 0 bridgehead atoms. The van der Waals surface area contributed by atoms with Crippen LogP contribution in [0.3, 0.4) is 0 Å². The molecule has 1 N–H and O–H groups in total. The number of hydrogen-bond acceptors (Lipinski definition) is 4. The van der Waals surface area contributed by atoms with Crippen molar-refractivity contribution in [1.82, 2.24) is 10.2 Å². The number of carbonyl (C=O) groups excluding carboxylic acids is 3. The number of rotatable bonds is 6. The van der Waals surface area contributed by atoms with Gasteiger partial charge in [0.1, 0.15) is 5.82 Å². The van der Waals surface area contributed by atoms with Gasteiger partial charge in [-0.05, 0) is 41.3 Å². The zero-order chi connectivity index (χ0) is 20.4. The first kappa shape index (κ1) is 19.0. The average molecular weight is 408 g/mol. The number of thiophene rings is 1. The van der Waals surface area contributed by atoms with E-state index in [0.717, 1.165) is 15.3 Å². The minimum atomic E-state index is -0.426. The number of carbonyl (C=O) groups is 3. The summed E-state index contributed by atoms with van der Waals surface area (Å²) < 4.78 is 13.3. The van der Waals surface area contributed by atoms with E-state index in [1.165, 1.54) is 23.5 Å². The maximum Gasteiger partial charge on any atom is 0.261 e. The van der Waals surface area contributed by atoms with E-state index in [2.05, 4.69) is 5.32 Å². The van der Waals surface area contributed by atoms with E-state index >= 15 is 0 Å². The third kappa shape index (κ3) is 3.82. The Morgan fingerprint density at radius 1 is 0.966 bits per heavy atom. The highest BCUT2D eigenvalue weighted by Crippen LogP contribution is 2.27. The predicted molar refractivity (Wildman–Crippen MR) is 107 cm³/mol. The zero-order valence-electron chi connectivity index (χ0n) is 15.3. The van der Waals surface area contributed by atoms with Crippen molar-refractivity contribution in [3.05, 3.63) is 93.4 Å². The fraction of sp³-hybridized carbons (Fsp3) is 0.136. The van der Waals surface area contributed by atoms with Crippen LogP contribution in [-0.4, -0.2) is 29.2 Å². The smallest absolute Gasteiger partial charge is 0.261 e. The monoisotopic (exact) mass is 408 g/mol. The summed E-state index contributed by atoms with van der Waals surface area (Å²) in [5.74, 6) is -1.42. The first-order chi connectivity index (χ1) is 14.0. The molecule has 0 aliphatic carbocycles. The van der Waals surface area contributed by atoms with E-state index in [1.807, 2.05) is 17.5 Å². The van der Waals surface area contributed by atoms with E-state index in [9.17, 15) is 18.8 Å². The molecule has 4 rings (SSSR count). The second-order valence-corrected chi connectivity index (χ2v) is 7.60. The van der Waals surface area contributed by atoms with E-state index in [-0.39, 0.29) is 36.5 Å². The number of nitrogens with zero attached hydrogens (tertiary/aromatic N) is 1. The fourth-order valence-electron chi connectivity index (χ4n) is 3.32. The normalized spacial score (nSPS) is 14.0. The molecule has 7 heteroatoms. The highest BCUT2D eigenvalue weighted by atomic mass is 32.1. The lowest BCUT2D eigenvalue weighted by Gasteiger charge is -2.19. The molecule has 0 radical (unpaired) electrons. The molecule has 5 nitrogen and oxygen atoms in total. The number of nitrogens with one attached hydrogen (secondary N) is 1. The van der Waals surface area contributed by atoms with Gasteiger partial charge in [-0.25, -0.2) is 4.39 Å². The van der Waals surface area contributed by atoms with E-state index in [0.29, 0.717) is 11.1 Å². The Hall–Kier alpha value is -3.32. The van der Waals surface area contributed by atoms with Crippen molar-refractivity contribution < 1.29 is 18.8 Å². The van der Waals surface area contributed by atoms with Crippen LogP contribution >= 0.6 is 11.3 Å². The van der Waals surface area contributed by atoms with Gasteiger partial charge in [-0.2, -0.15) is 0 Å². The Morgan fingerprint density at radius 2 is 1.62 bits per heavy atom. The maximum absolute atomic E-state index is 13.3. The van der Waals surface area contributed by atoms with Crippen LogP contribution in [0, 0.1) is 5.82 Å². The molecule has 1 aliphatic rings. The van der Waals surface area contributed by atoms with Gasteiger partial charge in [-0.1, -0.05) is 30.3 Å². The Labute approximate surface area is 170 Å². The summed E-state index contributed by atoms with van der Waals surface area (Å²) in [6.45, 7) is -0.00123. The molecular weight excluding hydrogens is 391 g/mol. The summed E-state index contributed by atoms with van der Waals surface area (Å²) in [5, 5.41) is 4.83. The summed E-state index contributed by atoms with van der Waals surface area (Å²) in [5.41, 5.74) is 1.48. The van der Waals surface area contributed by atoms with Crippen LogP contribution in [0.5, 0.6) is 0 Å². The molecule has 1 aliphatic heterocycles. The average Bonchev–Trinajstić information content (AvgIpc) is 3.34. The molecule has 2 aromatic carbocycles. The van der Waals surface area contributed by atoms with Crippen molar-refractivity contribution in [2.75, 3.05) is 6.54 Å². The molecule has 1 aromatic heterocycles. The van der Waals surface area contributed by atoms with Gasteiger partial charge in [0.15, 0.2) is 0 Å². The van der Waals surface area contributed by atoms with Gasteiger partial charge in [0.25, 0.3) is 11.8 Å². The van der Waals surface area contributed by atoms with Crippen LogP contribution in [0.1, 0.15) is 43.6 Å². The molecule has 29 heavy (non-hydrogen) atoms. The lowest BCUT2D eigenvalue weighted by Crippen LogP contribution is -2.35. The second kappa shape index (κ2) is 7.97. The second-order valence-electron chi connectivity index (χ2n) is 6.63. The molecule has 2 heterocycles. The van der Waals surface area contributed by atoms with Gasteiger partial charge in [0.2, 0.25) is 5.91 Å². The topological polar surface area (TPSA) is 66.5 Å². The molecule has 1 atom stereocenters. The summed E-state index contributed by atoms with van der Waals surface area (Å²) in [6.07, 6.45) is -0.0193. The van der Waals surface area contributed by atoms with Crippen LogP contribution < -0.4 is 5.32 Å².